The van der Waals surface area contributed by atoms with E-state index in [4.69, 9.17) is 23.2 Å². The van der Waals surface area contributed by atoms with Crippen molar-refractivity contribution >= 4 is 44.6 Å². The Morgan fingerprint density at radius 1 is 1.04 bits per heavy atom. The molecule has 1 N–H and O–H groups in total. The molecule has 0 saturated carbocycles. The van der Waals surface area contributed by atoms with Crippen molar-refractivity contribution in [2.75, 3.05) is 11.1 Å². The molecular weight excluding hydrogens is 364 g/mol. The molecule has 0 aliphatic rings. The molecule has 8 heteroatoms. The first-order chi connectivity index (χ1) is 10.7. The number of rotatable bonds is 5. The molecule has 0 radical (unpaired) electrons. The average Bonchev–Trinajstić information content (AvgIpc) is 2.44. The number of benzene rings is 2. The summed E-state index contributed by atoms with van der Waals surface area (Å²) in [6, 6.07) is 9.49. The lowest BCUT2D eigenvalue weighted by molar-refractivity contribution is -0.113. The minimum atomic E-state index is -3.68. The van der Waals surface area contributed by atoms with Gasteiger partial charge in [-0.25, -0.2) is 12.8 Å². The number of carbonyl (C=O) groups is 1. The molecule has 4 nitrogen and oxygen atoms in total. The van der Waals surface area contributed by atoms with Crippen molar-refractivity contribution in [2.24, 2.45) is 0 Å². The third-order valence-corrected chi connectivity index (χ3v) is 5.06. The van der Waals surface area contributed by atoms with Gasteiger partial charge in [-0.15, -0.1) is 0 Å². The molecule has 0 heterocycles. The molecule has 0 bridgehead atoms. The van der Waals surface area contributed by atoms with Crippen LogP contribution in [0.5, 0.6) is 0 Å². The van der Waals surface area contributed by atoms with Crippen LogP contribution in [0.2, 0.25) is 10.0 Å². The van der Waals surface area contributed by atoms with Crippen LogP contribution >= 0.6 is 23.2 Å². The maximum absolute atomic E-state index is 12.8. The Kier molecular flexibility index (Phi) is 5.62. The van der Waals surface area contributed by atoms with Crippen LogP contribution in [0.15, 0.2) is 42.5 Å². The van der Waals surface area contributed by atoms with Gasteiger partial charge in [0.05, 0.1) is 15.8 Å². The van der Waals surface area contributed by atoms with Gasteiger partial charge in [-0.1, -0.05) is 29.3 Å². The molecule has 0 fully saturated rings. The van der Waals surface area contributed by atoms with Crippen molar-refractivity contribution in [1.29, 1.82) is 0 Å². The molecule has 23 heavy (non-hydrogen) atoms. The van der Waals surface area contributed by atoms with Gasteiger partial charge in [-0.3, -0.25) is 4.79 Å². The van der Waals surface area contributed by atoms with E-state index < -0.39 is 27.3 Å². The number of carbonyl (C=O) groups excluding carboxylic acids is 1. The van der Waals surface area contributed by atoms with Crippen LogP contribution < -0.4 is 5.32 Å². The Hall–Kier alpha value is -1.63. The second kappa shape index (κ2) is 7.29. The van der Waals surface area contributed by atoms with Gasteiger partial charge in [0.25, 0.3) is 0 Å². The van der Waals surface area contributed by atoms with E-state index in [2.05, 4.69) is 5.32 Å². The first-order valence-electron chi connectivity index (χ1n) is 6.45. The summed E-state index contributed by atoms with van der Waals surface area (Å²) in [6.45, 7) is 0. The van der Waals surface area contributed by atoms with Crippen molar-refractivity contribution < 1.29 is 17.6 Å². The summed E-state index contributed by atoms with van der Waals surface area (Å²) in [6.07, 6.45) is 0. The summed E-state index contributed by atoms with van der Waals surface area (Å²) in [5, 5.41) is 2.97. The molecule has 0 spiro atoms. The predicted octanol–water partition coefficient (Wildman–Crippen LogP) is 3.69. The first-order valence-corrected chi connectivity index (χ1v) is 9.03. The van der Waals surface area contributed by atoms with Crippen molar-refractivity contribution in [3.63, 3.8) is 0 Å². The maximum atomic E-state index is 12.8. The van der Waals surface area contributed by atoms with Gasteiger partial charge in [0.1, 0.15) is 11.6 Å². The number of hydrogen-bond donors (Lipinski definition) is 1. The fourth-order valence-electron chi connectivity index (χ4n) is 1.86. The fourth-order valence-corrected chi connectivity index (χ4v) is 3.45. The molecule has 0 atom stereocenters. The summed E-state index contributed by atoms with van der Waals surface area (Å²) in [7, 11) is -3.68. The maximum Gasteiger partial charge on any atom is 0.239 e. The van der Waals surface area contributed by atoms with Gasteiger partial charge in [0.2, 0.25) is 5.91 Å². The lowest BCUT2D eigenvalue weighted by Crippen LogP contribution is -2.23. The van der Waals surface area contributed by atoms with Crippen molar-refractivity contribution in [3.8, 4) is 0 Å². The number of sulfone groups is 1. The molecule has 0 saturated heterocycles. The number of nitrogens with one attached hydrogen (secondary N) is 1. The third-order valence-electron chi connectivity index (χ3n) is 2.85. The quantitative estimate of drug-likeness (QED) is 0.866. The average molecular weight is 376 g/mol. The van der Waals surface area contributed by atoms with Crippen LogP contribution in [-0.4, -0.2) is 20.1 Å². The molecular formula is C15H12Cl2FNO3S. The van der Waals surface area contributed by atoms with Gasteiger partial charge in [0, 0.05) is 5.69 Å². The Morgan fingerprint density at radius 3 is 2.30 bits per heavy atom. The smallest absolute Gasteiger partial charge is 0.239 e. The molecule has 1 amide bonds. The standard InChI is InChI=1S/C15H12Cl2FNO3S/c16-13-6-1-10(7-14(13)17)8-23(21,22)9-15(20)19-12-4-2-11(18)3-5-12/h1-7H,8-9H2,(H,19,20). The monoisotopic (exact) mass is 375 g/mol. The molecule has 2 aromatic carbocycles. The topological polar surface area (TPSA) is 63.2 Å². The fraction of sp³-hybridized carbons (Fsp3) is 0.133. The van der Waals surface area contributed by atoms with Crippen LogP contribution in [0.1, 0.15) is 5.56 Å². The number of hydrogen-bond acceptors (Lipinski definition) is 3. The molecule has 2 rings (SSSR count). The summed E-state index contributed by atoms with van der Waals surface area (Å²) < 4.78 is 36.9. The first kappa shape index (κ1) is 17.7. The number of amides is 1. The summed E-state index contributed by atoms with van der Waals surface area (Å²) in [4.78, 5) is 11.8. The zero-order valence-corrected chi connectivity index (χ0v) is 14.1. The minimum absolute atomic E-state index is 0.245. The lowest BCUT2D eigenvalue weighted by Gasteiger charge is -2.07. The van der Waals surface area contributed by atoms with Crippen LogP contribution in [0.3, 0.4) is 0 Å². The zero-order valence-electron chi connectivity index (χ0n) is 11.7. The van der Waals surface area contributed by atoms with E-state index in [1.807, 2.05) is 0 Å². The normalized spacial score (nSPS) is 11.3. The molecule has 0 unspecified atom stereocenters. The highest BCUT2D eigenvalue weighted by Gasteiger charge is 2.18. The largest absolute Gasteiger partial charge is 0.325 e. The predicted molar refractivity (Wildman–Crippen MR) is 89.0 cm³/mol. The van der Waals surface area contributed by atoms with E-state index in [1.54, 1.807) is 0 Å². The van der Waals surface area contributed by atoms with E-state index in [0.29, 0.717) is 16.3 Å². The van der Waals surface area contributed by atoms with Gasteiger partial charge in [-0.2, -0.15) is 0 Å². The van der Waals surface area contributed by atoms with Crippen LogP contribution in [0, 0.1) is 5.82 Å². The van der Waals surface area contributed by atoms with E-state index in [1.165, 1.54) is 42.5 Å². The Morgan fingerprint density at radius 2 is 1.70 bits per heavy atom. The second-order valence-electron chi connectivity index (χ2n) is 4.84. The van der Waals surface area contributed by atoms with Gasteiger partial charge in [0.15, 0.2) is 9.84 Å². The molecule has 0 aliphatic heterocycles. The van der Waals surface area contributed by atoms with Gasteiger partial charge in [-0.05, 0) is 42.0 Å². The molecule has 0 aromatic heterocycles. The SMILES string of the molecule is O=C(CS(=O)(=O)Cc1ccc(Cl)c(Cl)c1)Nc1ccc(F)cc1. The molecule has 0 aliphatic carbocycles. The van der Waals surface area contributed by atoms with E-state index in [-0.39, 0.29) is 10.8 Å². The highest BCUT2D eigenvalue weighted by atomic mass is 35.5. The number of anilines is 1. The number of halogens is 3. The van der Waals surface area contributed by atoms with Gasteiger partial charge >= 0.3 is 0 Å². The van der Waals surface area contributed by atoms with Crippen LogP contribution in [-0.2, 0) is 20.4 Å². The van der Waals surface area contributed by atoms with Crippen molar-refractivity contribution in [3.05, 3.63) is 63.9 Å². The highest BCUT2D eigenvalue weighted by Crippen LogP contribution is 2.23. The van der Waals surface area contributed by atoms with E-state index >= 15 is 0 Å². The van der Waals surface area contributed by atoms with Crippen molar-refractivity contribution in [2.45, 2.75) is 5.75 Å². The minimum Gasteiger partial charge on any atom is -0.325 e. The summed E-state index contributed by atoms with van der Waals surface area (Å²) in [5.74, 6) is -2.17. The Balaban J connectivity index is 2.01. The zero-order chi connectivity index (χ0) is 17.0. The van der Waals surface area contributed by atoms with Crippen LogP contribution in [0.25, 0.3) is 0 Å². The third kappa shape index (κ3) is 5.49. The summed E-state index contributed by atoms with van der Waals surface area (Å²) >= 11 is 11.6. The highest BCUT2D eigenvalue weighted by molar-refractivity contribution is 7.91. The summed E-state index contributed by atoms with van der Waals surface area (Å²) in [5.41, 5.74) is 0.759. The molecule has 122 valence electrons. The lowest BCUT2D eigenvalue weighted by atomic mass is 10.2. The second-order valence-corrected chi connectivity index (χ2v) is 7.71. The van der Waals surface area contributed by atoms with Gasteiger partial charge < -0.3 is 5.32 Å². The van der Waals surface area contributed by atoms with Crippen molar-refractivity contribution in [1.82, 2.24) is 0 Å². The van der Waals surface area contributed by atoms with E-state index in [9.17, 15) is 17.6 Å². The van der Waals surface area contributed by atoms with Crippen LogP contribution in [0.4, 0.5) is 10.1 Å². The van der Waals surface area contributed by atoms with E-state index in [0.717, 1.165) is 0 Å². The Labute approximate surface area is 143 Å². The molecule has 2 aromatic rings. The Bertz CT molecular complexity index is 823.